The van der Waals surface area contributed by atoms with Crippen LogP contribution in [0.2, 0.25) is 0 Å². The van der Waals surface area contributed by atoms with Crippen molar-refractivity contribution in [3.05, 3.63) is 71.2 Å². The van der Waals surface area contributed by atoms with E-state index >= 15 is 0 Å². The topological polar surface area (TPSA) is 37.6 Å². The Balaban J connectivity index is 1.78. The van der Waals surface area contributed by atoms with Gasteiger partial charge in [0.15, 0.2) is 0 Å². The van der Waals surface area contributed by atoms with Crippen LogP contribution in [-0.2, 0) is 13.0 Å². The Hall–Kier alpha value is -2.62. The molecule has 1 aromatic carbocycles. The third-order valence-electron chi connectivity index (χ3n) is 4.11. The average molecular weight is 307 g/mol. The highest BCUT2D eigenvalue weighted by molar-refractivity contribution is 5.92. The zero-order valence-electron chi connectivity index (χ0n) is 13.8. The molecule has 118 valence electrons. The second kappa shape index (κ2) is 6.24. The van der Waals surface area contributed by atoms with Crippen molar-refractivity contribution in [1.29, 1.82) is 0 Å². The van der Waals surface area contributed by atoms with Crippen molar-refractivity contribution in [3.8, 4) is 0 Å². The fourth-order valence-corrected chi connectivity index (χ4v) is 2.67. The summed E-state index contributed by atoms with van der Waals surface area (Å²) in [4.78, 5) is 18.7. The summed E-state index contributed by atoms with van der Waals surface area (Å²) in [7, 11) is 1.81. The second-order valence-electron chi connectivity index (χ2n) is 5.85. The van der Waals surface area contributed by atoms with Crippen molar-refractivity contribution in [3.63, 3.8) is 0 Å². The number of benzene rings is 1. The van der Waals surface area contributed by atoms with E-state index in [0.717, 1.165) is 23.3 Å². The van der Waals surface area contributed by atoms with Gasteiger partial charge in [-0.1, -0.05) is 37.3 Å². The summed E-state index contributed by atoms with van der Waals surface area (Å²) in [5.74, 6) is -0.0623. The molecule has 4 heteroatoms. The van der Waals surface area contributed by atoms with Crippen LogP contribution >= 0.6 is 0 Å². The maximum absolute atomic E-state index is 12.6. The molecule has 0 saturated carbocycles. The van der Waals surface area contributed by atoms with E-state index in [1.807, 2.05) is 42.8 Å². The zero-order valence-corrected chi connectivity index (χ0v) is 13.8. The molecule has 0 aliphatic heterocycles. The van der Waals surface area contributed by atoms with E-state index in [2.05, 4.69) is 36.2 Å². The number of hydrogen-bond acceptors (Lipinski definition) is 2. The van der Waals surface area contributed by atoms with Crippen molar-refractivity contribution in [2.45, 2.75) is 26.8 Å². The first-order valence-corrected chi connectivity index (χ1v) is 7.86. The molecule has 23 heavy (non-hydrogen) atoms. The molecule has 0 radical (unpaired) electrons. The highest BCUT2D eigenvalue weighted by atomic mass is 16.2. The van der Waals surface area contributed by atoms with E-state index in [1.54, 1.807) is 4.90 Å². The highest BCUT2D eigenvalue weighted by Gasteiger charge is 2.16. The van der Waals surface area contributed by atoms with Gasteiger partial charge in [0.1, 0.15) is 11.3 Å². The number of pyridine rings is 1. The standard InChI is InChI=1S/C19H21N3O/c1-4-15-8-10-16(11-9-15)12-21(3)19(23)17-13-22-14(2)6-5-7-18(22)20-17/h5-11,13H,4,12H2,1-3H3. The number of fused-ring (bicyclic) bond motifs is 1. The summed E-state index contributed by atoms with van der Waals surface area (Å²) < 4.78 is 1.94. The van der Waals surface area contributed by atoms with Gasteiger partial charge in [-0.3, -0.25) is 4.79 Å². The lowest BCUT2D eigenvalue weighted by atomic mass is 10.1. The number of hydrogen-bond donors (Lipinski definition) is 0. The van der Waals surface area contributed by atoms with Crippen LogP contribution in [0.1, 0.15) is 34.2 Å². The minimum absolute atomic E-state index is 0.0623. The largest absolute Gasteiger partial charge is 0.336 e. The van der Waals surface area contributed by atoms with Crippen LogP contribution in [0.4, 0.5) is 0 Å². The van der Waals surface area contributed by atoms with Gasteiger partial charge >= 0.3 is 0 Å². The fraction of sp³-hybridized carbons (Fsp3) is 0.263. The average Bonchev–Trinajstić information content (AvgIpc) is 3.00. The molecule has 0 unspecified atom stereocenters. The molecular weight excluding hydrogens is 286 g/mol. The molecule has 0 aliphatic carbocycles. The molecule has 0 bridgehead atoms. The Morgan fingerprint density at radius 3 is 2.48 bits per heavy atom. The van der Waals surface area contributed by atoms with Gasteiger partial charge in [0.25, 0.3) is 5.91 Å². The number of amides is 1. The lowest BCUT2D eigenvalue weighted by molar-refractivity contribution is 0.0780. The van der Waals surface area contributed by atoms with Crippen molar-refractivity contribution < 1.29 is 4.79 Å². The van der Waals surface area contributed by atoms with E-state index in [-0.39, 0.29) is 5.91 Å². The third-order valence-corrected chi connectivity index (χ3v) is 4.11. The maximum Gasteiger partial charge on any atom is 0.274 e. The molecule has 0 atom stereocenters. The molecule has 1 amide bonds. The fourth-order valence-electron chi connectivity index (χ4n) is 2.67. The minimum Gasteiger partial charge on any atom is -0.336 e. The summed E-state index contributed by atoms with van der Waals surface area (Å²) in [6.07, 6.45) is 2.83. The molecule has 0 aliphatic rings. The highest BCUT2D eigenvalue weighted by Crippen LogP contribution is 2.12. The predicted molar refractivity (Wildman–Crippen MR) is 91.5 cm³/mol. The van der Waals surface area contributed by atoms with E-state index < -0.39 is 0 Å². The molecule has 0 saturated heterocycles. The molecule has 2 heterocycles. The summed E-state index contributed by atoms with van der Waals surface area (Å²) in [5, 5.41) is 0. The molecule has 2 aromatic heterocycles. The Kier molecular flexibility index (Phi) is 4.15. The summed E-state index contributed by atoms with van der Waals surface area (Å²) >= 11 is 0. The summed E-state index contributed by atoms with van der Waals surface area (Å²) in [6.45, 7) is 4.72. The zero-order chi connectivity index (χ0) is 16.4. The van der Waals surface area contributed by atoms with Gasteiger partial charge in [-0.25, -0.2) is 4.98 Å². The number of aromatic nitrogens is 2. The first-order valence-electron chi connectivity index (χ1n) is 7.86. The van der Waals surface area contributed by atoms with Gasteiger partial charge < -0.3 is 9.30 Å². The van der Waals surface area contributed by atoms with Crippen LogP contribution in [0.25, 0.3) is 5.65 Å². The SMILES string of the molecule is CCc1ccc(CN(C)C(=O)c2cn3c(C)cccc3n2)cc1. The Morgan fingerprint density at radius 1 is 1.13 bits per heavy atom. The lowest BCUT2D eigenvalue weighted by Crippen LogP contribution is -2.26. The van der Waals surface area contributed by atoms with Crippen molar-refractivity contribution in [2.75, 3.05) is 7.05 Å². The predicted octanol–water partition coefficient (Wildman–Crippen LogP) is 3.48. The molecule has 0 N–H and O–H groups in total. The van der Waals surface area contributed by atoms with Crippen LogP contribution in [0.15, 0.2) is 48.7 Å². The van der Waals surface area contributed by atoms with Crippen molar-refractivity contribution in [2.24, 2.45) is 0 Å². The number of carbonyl (C=O) groups is 1. The van der Waals surface area contributed by atoms with Crippen molar-refractivity contribution in [1.82, 2.24) is 14.3 Å². The maximum atomic E-state index is 12.6. The second-order valence-corrected chi connectivity index (χ2v) is 5.85. The van der Waals surface area contributed by atoms with Crippen LogP contribution in [-0.4, -0.2) is 27.2 Å². The van der Waals surface area contributed by atoms with Crippen LogP contribution in [0, 0.1) is 6.92 Å². The molecule has 3 aromatic rings. The number of carbonyl (C=O) groups excluding carboxylic acids is 1. The Labute approximate surface area is 136 Å². The van der Waals surface area contributed by atoms with E-state index in [1.165, 1.54) is 5.56 Å². The normalized spacial score (nSPS) is 10.9. The first-order chi connectivity index (χ1) is 11.1. The molecule has 0 fully saturated rings. The smallest absolute Gasteiger partial charge is 0.274 e. The van der Waals surface area contributed by atoms with Gasteiger partial charge in [0, 0.05) is 25.5 Å². The van der Waals surface area contributed by atoms with E-state index in [9.17, 15) is 4.79 Å². The Bertz CT molecular complexity index is 833. The lowest BCUT2D eigenvalue weighted by Gasteiger charge is -2.16. The van der Waals surface area contributed by atoms with Gasteiger partial charge in [-0.15, -0.1) is 0 Å². The summed E-state index contributed by atoms with van der Waals surface area (Å²) in [5.41, 5.74) is 4.77. The van der Waals surface area contributed by atoms with Gasteiger partial charge in [-0.2, -0.15) is 0 Å². The molecular formula is C19H21N3O. The number of aryl methyl sites for hydroxylation is 2. The number of nitrogens with zero attached hydrogens (tertiary/aromatic N) is 3. The van der Waals surface area contributed by atoms with E-state index in [4.69, 9.17) is 0 Å². The van der Waals surface area contributed by atoms with Crippen LogP contribution in [0.3, 0.4) is 0 Å². The van der Waals surface area contributed by atoms with Crippen LogP contribution < -0.4 is 0 Å². The van der Waals surface area contributed by atoms with Gasteiger partial charge in [0.2, 0.25) is 0 Å². The summed E-state index contributed by atoms with van der Waals surface area (Å²) in [6, 6.07) is 14.2. The Morgan fingerprint density at radius 2 is 1.83 bits per heavy atom. The van der Waals surface area contributed by atoms with Gasteiger partial charge in [-0.05, 0) is 36.6 Å². The first kappa shape index (κ1) is 15.3. The van der Waals surface area contributed by atoms with Crippen molar-refractivity contribution >= 4 is 11.6 Å². The number of imidazole rings is 1. The monoisotopic (exact) mass is 307 g/mol. The molecule has 3 rings (SSSR count). The minimum atomic E-state index is -0.0623. The molecule has 0 spiro atoms. The molecule has 4 nitrogen and oxygen atoms in total. The quantitative estimate of drug-likeness (QED) is 0.740. The van der Waals surface area contributed by atoms with E-state index in [0.29, 0.717) is 12.2 Å². The van der Waals surface area contributed by atoms with Gasteiger partial charge in [0.05, 0.1) is 0 Å². The number of rotatable bonds is 4. The third kappa shape index (κ3) is 3.11. The van der Waals surface area contributed by atoms with Crippen LogP contribution in [0.5, 0.6) is 0 Å².